The number of hydrogen-bond acceptors (Lipinski definition) is 4. The molecule has 0 saturated carbocycles. The van der Waals surface area contributed by atoms with Crippen LogP contribution in [0.25, 0.3) is 6.08 Å². The summed E-state index contributed by atoms with van der Waals surface area (Å²) in [7, 11) is 1.95. The predicted molar refractivity (Wildman–Crippen MR) is 85.1 cm³/mol. The average molecular weight is 302 g/mol. The van der Waals surface area contributed by atoms with Gasteiger partial charge in [0.05, 0.1) is 0 Å². The summed E-state index contributed by atoms with van der Waals surface area (Å²) in [6, 6.07) is 5.73. The Morgan fingerprint density at radius 1 is 1.36 bits per heavy atom. The van der Waals surface area contributed by atoms with Gasteiger partial charge in [-0.05, 0) is 49.7 Å². The molecule has 1 aromatic carbocycles. The lowest BCUT2D eigenvalue weighted by molar-refractivity contribution is -0.125. The lowest BCUT2D eigenvalue weighted by Gasteiger charge is -2.18. The quantitative estimate of drug-likeness (QED) is 0.857. The smallest absolute Gasteiger partial charge is 0.246 e. The number of nitrogens with one attached hydrogen (secondary N) is 1. The third kappa shape index (κ3) is 3.42. The number of ether oxygens (including phenoxy) is 2. The Balaban J connectivity index is 1.60. The third-order valence-electron chi connectivity index (χ3n) is 4.07. The molecule has 118 valence electrons. The van der Waals surface area contributed by atoms with Crippen LogP contribution in [0.1, 0.15) is 12.0 Å². The van der Waals surface area contributed by atoms with E-state index in [2.05, 4.69) is 5.32 Å². The number of amides is 1. The van der Waals surface area contributed by atoms with Crippen LogP contribution in [-0.2, 0) is 4.79 Å². The fourth-order valence-corrected chi connectivity index (χ4v) is 2.92. The lowest BCUT2D eigenvalue weighted by Crippen LogP contribution is -2.28. The highest BCUT2D eigenvalue weighted by atomic mass is 16.6. The second kappa shape index (κ2) is 6.83. The van der Waals surface area contributed by atoms with Gasteiger partial charge in [0.15, 0.2) is 11.5 Å². The van der Waals surface area contributed by atoms with Crippen LogP contribution in [0.3, 0.4) is 0 Å². The molecular weight excluding hydrogens is 280 g/mol. The first-order valence-corrected chi connectivity index (χ1v) is 7.77. The van der Waals surface area contributed by atoms with Gasteiger partial charge in [-0.3, -0.25) is 4.79 Å². The molecule has 1 N–H and O–H groups in total. The zero-order valence-corrected chi connectivity index (χ0v) is 12.9. The highest BCUT2D eigenvalue weighted by molar-refractivity contribution is 5.92. The Morgan fingerprint density at radius 3 is 3.00 bits per heavy atom. The Bertz CT molecular complexity index is 571. The maximum absolute atomic E-state index is 12.2. The minimum Gasteiger partial charge on any atom is -0.486 e. The summed E-state index contributed by atoms with van der Waals surface area (Å²) in [5.74, 6) is 2.16. The van der Waals surface area contributed by atoms with Gasteiger partial charge >= 0.3 is 0 Å². The van der Waals surface area contributed by atoms with Crippen LogP contribution >= 0.6 is 0 Å². The van der Waals surface area contributed by atoms with Gasteiger partial charge in [-0.2, -0.15) is 0 Å². The largest absolute Gasteiger partial charge is 0.486 e. The van der Waals surface area contributed by atoms with Crippen LogP contribution in [-0.4, -0.2) is 50.7 Å². The molecule has 22 heavy (non-hydrogen) atoms. The molecule has 0 aliphatic carbocycles. The van der Waals surface area contributed by atoms with Gasteiger partial charge in [-0.15, -0.1) is 0 Å². The molecule has 3 rings (SSSR count). The van der Waals surface area contributed by atoms with Crippen molar-refractivity contribution in [3.8, 4) is 11.5 Å². The van der Waals surface area contributed by atoms with E-state index in [0.717, 1.165) is 43.1 Å². The highest BCUT2D eigenvalue weighted by Crippen LogP contribution is 2.31. The molecule has 0 aromatic heterocycles. The zero-order chi connectivity index (χ0) is 15.4. The first kappa shape index (κ1) is 14.9. The van der Waals surface area contributed by atoms with Gasteiger partial charge in [0.1, 0.15) is 13.2 Å². The number of carbonyl (C=O) groups is 1. The monoisotopic (exact) mass is 302 g/mol. The fourth-order valence-electron chi connectivity index (χ4n) is 2.92. The van der Waals surface area contributed by atoms with Crippen molar-refractivity contribution in [1.82, 2.24) is 10.2 Å². The SMILES string of the molecule is CNCC1CCN(C(=O)C=Cc2ccc3c(c2)OCCO3)C1. The molecule has 1 aromatic rings. The highest BCUT2D eigenvalue weighted by Gasteiger charge is 2.24. The zero-order valence-electron chi connectivity index (χ0n) is 12.9. The van der Waals surface area contributed by atoms with Gasteiger partial charge in [-0.1, -0.05) is 6.07 Å². The van der Waals surface area contributed by atoms with Gasteiger partial charge in [-0.25, -0.2) is 0 Å². The Hall–Kier alpha value is -2.01. The van der Waals surface area contributed by atoms with Crippen molar-refractivity contribution in [3.05, 3.63) is 29.8 Å². The van der Waals surface area contributed by atoms with E-state index >= 15 is 0 Å². The molecule has 2 aliphatic rings. The van der Waals surface area contributed by atoms with Crippen LogP contribution in [0, 0.1) is 5.92 Å². The van der Waals surface area contributed by atoms with Crippen molar-refractivity contribution >= 4 is 12.0 Å². The van der Waals surface area contributed by atoms with E-state index in [0.29, 0.717) is 19.1 Å². The average Bonchev–Trinajstić information content (AvgIpc) is 3.01. The fraction of sp³-hybridized carbons (Fsp3) is 0.471. The first-order valence-electron chi connectivity index (χ1n) is 7.77. The summed E-state index contributed by atoms with van der Waals surface area (Å²) in [5, 5.41) is 3.17. The van der Waals surface area contributed by atoms with Crippen molar-refractivity contribution in [2.75, 3.05) is 39.9 Å². The van der Waals surface area contributed by atoms with Crippen LogP contribution in [0.4, 0.5) is 0 Å². The van der Waals surface area contributed by atoms with E-state index in [1.165, 1.54) is 0 Å². The Labute approximate surface area is 130 Å². The van der Waals surface area contributed by atoms with Crippen molar-refractivity contribution in [1.29, 1.82) is 0 Å². The lowest BCUT2D eigenvalue weighted by atomic mass is 10.1. The van der Waals surface area contributed by atoms with E-state index in [-0.39, 0.29) is 5.91 Å². The van der Waals surface area contributed by atoms with Crippen LogP contribution in [0.5, 0.6) is 11.5 Å². The number of hydrogen-bond donors (Lipinski definition) is 1. The van der Waals surface area contributed by atoms with Crippen LogP contribution in [0.2, 0.25) is 0 Å². The molecule has 2 aliphatic heterocycles. The molecule has 0 radical (unpaired) electrons. The predicted octanol–water partition coefficient (Wildman–Crippen LogP) is 1.54. The molecule has 5 nitrogen and oxygen atoms in total. The Kier molecular flexibility index (Phi) is 4.63. The molecule has 2 heterocycles. The second-order valence-corrected chi connectivity index (χ2v) is 5.73. The number of fused-ring (bicyclic) bond motifs is 1. The van der Waals surface area contributed by atoms with Gasteiger partial charge in [0, 0.05) is 19.2 Å². The van der Waals surface area contributed by atoms with Gasteiger partial charge < -0.3 is 19.7 Å². The number of carbonyl (C=O) groups excluding carboxylic acids is 1. The van der Waals surface area contributed by atoms with Crippen molar-refractivity contribution in [2.24, 2.45) is 5.92 Å². The number of likely N-dealkylation sites (tertiary alicyclic amines) is 1. The minimum absolute atomic E-state index is 0.0773. The summed E-state index contributed by atoms with van der Waals surface area (Å²) in [5.41, 5.74) is 0.948. The maximum atomic E-state index is 12.2. The molecular formula is C17H22N2O3. The topological polar surface area (TPSA) is 50.8 Å². The summed E-state index contributed by atoms with van der Waals surface area (Å²) in [4.78, 5) is 14.1. The first-order chi connectivity index (χ1) is 10.8. The number of benzene rings is 1. The number of rotatable bonds is 4. The molecule has 0 spiro atoms. The van der Waals surface area contributed by atoms with E-state index in [4.69, 9.17) is 9.47 Å². The van der Waals surface area contributed by atoms with E-state index in [9.17, 15) is 4.79 Å². The summed E-state index contributed by atoms with van der Waals surface area (Å²) in [6.07, 6.45) is 4.56. The second-order valence-electron chi connectivity index (χ2n) is 5.73. The molecule has 1 unspecified atom stereocenters. The minimum atomic E-state index is 0.0773. The molecule has 0 bridgehead atoms. The molecule has 1 fully saturated rings. The van der Waals surface area contributed by atoms with Crippen LogP contribution in [0.15, 0.2) is 24.3 Å². The standard InChI is InChI=1S/C17H22N2O3/c1-18-11-14-6-7-19(12-14)17(20)5-3-13-2-4-15-16(10-13)22-9-8-21-15/h2-5,10,14,18H,6-9,11-12H2,1H3. The summed E-state index contributed by atoms with van der Waals surface area (Å²) < 4.78 is 11.0. The maximum Gasteiger partial charge on any atom is 0.246 e. The van der Waals surface area contributed by atoms with E-state index in [1.807, 2.05) is 36.2 Å². The van der Waals surface area contributed by atoms with Crippen LogP contribution < -0.4 is 14.8 Å². The summed E-state index contributed by atoms with van der Waals surface area (Å²) in [6.45, 7) is 3.81. The van der Waals surface area contributed by atoms with Crippen molar-refractivity contribution in [2.45, 2.75) is 6.42 Å². The molecule has 1 saturated heterocycles. The van der Waals surface area contributed by atoms with Gasteiger partial charge in [0.25, 0.3) is 0 Å². The Morgan fingerprint density at radius 2 is 2.18 bits per heavy atom. The van der Waals surface area contributed by atoms with E-state index < -0.39 is 0 Å². The normalized spacial score (nSPS) is 20.6. The van der Waals surface area contributed by atoms with Gasteiger partial charge in [0.2, 0.25) is 5.91 Å². The van der Waals surface area contributed by atoms with E-state index in [1.54, 1.807) is 6.08 Å². The third-order valence-corrected chi connectivity index (χ3v) is 4.07. The van der Waals surface area contributed by atoms with Crippen molar-refractivity contribution < 1.29 is 14.3 Å². The molecule has 1 amide bonds. The molecule has 5 heteroatoms. The molecule has 1 atom stereocenters. The summed E-state index contributed by atoms with van der Waals surface area (Å²) >= 11 is 0. The van der Waals surface area contributed by atoms with Crippen molar-refractivity contribution in [3.63, 3.8) is 0 Å². The number of nitrogens with zero attached hydrogens (tertiary/aromatic N) is 1.